The van der Waals surface area contributed by atoms with Crippen LogP contribution in [0.4, 0.5) is 5.69 Å². The summed E-state index contributed by atoms with van der Waals surface area (Å²) in [5.74, 6) is -1.56. The Kier molecular flexibility index (Phi) is 6.14. The van der Waals surface area contributed by atoms with E-state index in [1.54, 1.807) is 11.8 Å². The molecule has 0 saturated carbocycles. The number of hydrazone groups is 1. The van der Waals surface area contributed by atoms with Crippen molar-refractivity contribution >= 4 is 35.5 Å². The van der Waals surface area contributed by atoms with Crippen molar-refractivity contribution in [1.82, 2.24) is 5.43 Å². The number of hydrogen-bond acceptors (Lipinski definition) is 4. The number of hydrogen-bond donors (Lipinski definition) is 2. The Labute approximate surface area is 145 Å². The molecule has 6 heteroatoms. The molecule has 2 amide bonds. The Morgan fingerprint density at radius 3 is 2.42 bits per heavy atom. The molecule has 5 nitrogen and oxygen atoms in total. The maximum absolute atomic E-state index is 11.9. The van der Waals surface area contributed by atoms with Crippen LogP contribution in [0.1, 0.15) is 16.7 Å². The van der Waals surface area contributed by atoms with Gasteiger partial charge in [0.05, 0.1) is 6.21 Å². The molecule has 0 saturated heterocycles. The molecule has 24 heavy (non-hydrogen) atoms. The van der Waals surface area contributed by atoms with Crippen molar-refractivity contribution in [2.75, 3.05) is 11.6 Å². The Balaban J connectivity index is 1.92. The zero-order chi connectivity index (χ0) is 17.5. The van der Waals surface area contributed by atoms with E-state index in [0.29, 0.717) is 5.69 Å². The molecule has 2 aromatic carbocycles. The second kappa shape index (κ2) is 8.31. The smallest absolute Gasteiger partial charge is 0.317 e. The van der Waals surface area contributed by atoms with Gasteiger partial charge in [0.1, 0.15) is 0 Å². The summed E-state index contributed by atoms with van der Waals surface area (Å²) in [4.78, 5) is 24.8. The number of thioether (sulfide) groups is 1. The first kappa shape index (κ1) is 17.7. The van der Waals surface area contributed by atoms with Gasteiger partial charge in [-0.2, -0.15) is 5.10 Å². The van der Waals surface area contributed by atoms with Crippen molar-refractivity contribution < 1.29 is 9.59 Å². The number of rotatable bonds is 4. The summed E-state index contributed by atoms with van der Waals surface area (Å²) < 4.78 is 0. The predicted molar refractivity (Wildman–Crippen MR) is 98.5 cm³/mol. The second-order valence-electron chi connectivity index (χ2n) is 5.24. The minimum Gasteiger partial charge on any atom is -0.317 e. The van der Waals surface area contributed by atoms with E-state index in [-0.39, 0.29) is 0 Å². The Morgan fingerprint density at radius 1 is 1.04 bits per heavy atom. The molecular weight excluding hydrogens is 322 g/mol. The minimum absolute atomic E-state index is 0.617. The molecule has 0 radical (unpaired) electrons. The van der Waals surface area contributed by atoms with Gasteiger partial charge in [-0.15, -0.1) is 11.8 Å². The van der Waals surface area contributed by atoms with Crippen LogP contribution in [0.25, 0.3) is 0 Å². The van der Waals surface area contributed by atoms with E-state index in [0.717, 1.165) is 21.6 Å². The topological polar surface area (TPSA) is 70.6 Å². The average Bonchev–Trinajstić information content (AvgIpc) is 2.58. The Morgan fingerprint density at radius 2 is 1.75 bits per heavy atom. The number of anilines is 1. The second-order valence-corrected chi connectivity index (χ2v) is 6.12. The molecule has 2 N–H and O–H groups in total. The van der Waals surface area contributed by atoms with Gasteiger partial charge >= 0.3 is 11.8 Å². The zero-order valence-corrected chi connectivity index (χ0v) is 14.6. The number of carbonyl (C=O) groups is 2. The molecule has 0 heterocycles. The summed E-state index contributed by atoms with van der Waals surface area (Å²) in [5.41, 5.74) is 5.57. The molecule has 2 aromatic rings. The third-order valence-electron chi connectivity index (χ3n) is 3.34. The third kappa shape index (κ3) is 4.96. The molecule has 0 atom stereocenters. The van der Waals surface area contributed by atoms with Crippen molar-refractivity contribution in [3.05, 3.63) is 59.2 Å². The van der Waals surface area contributed by atoms with E-state index in [1.807, 2.05) is 62.6 Å². The van der Waals surface area contributed by atoms with Gasteiger partial charge < -0.3 is 5.32 Å². The number of nitrogens with zero attached hydrogens (tertiary/aromatic N) is 1. The van der Waals surface area contributed by atoms with Gasteiger partial charge in [-0.1, -0.05) is 24.3 Å². The summed E-state index contributed by atoms with van der Waals surface area (Å²) in [6, 6.07) is 13.3. The van der Waals surface area contributed by atoms with E-state index < -0.39 is 11.8 Å². The lowest BCUT2D eigenvalue weighted by Crippen LogP contribution is -2.32. The van der Waals surface area contributed by atoms with E-state index in [9.17, 15) is 9.59 Å². The molecular formula is C18H19N3O2S. The predicted octanol–water partition coefficient (Wildman–Crippen LogP) is 3.11. The lowest BCUT2D eigenvalue weighted by molar-refractivity contribution is -0.136. The maximum Gasteiger partial charge on any atom is 0.329 e. The fraction of sp³-hybridized carbons (Fsp3) is 0.167. The van der Waals surface area contributed by atoms with Gasteiger partial charge in [0.25, 0.3) is 0 Å². The highest BCUT2D eigenvalue weighted by Crippen LogP contribution is 2.16. The van der Waals surface area contributed by atoms with Crippen molar-refractivity contribution in [1.29, 1.82) is 0 Å². The van der Waals surface area contributed by atoms with Crippen LogP contribution in [-0.2, 0) is 9.59 Å². The SMILES string of the molecule is CSc1ccc(/C=N/NC(=O)C(=O)Nc2cc(C)ccc2C)cc1. The standard InChI is InChI=1S/C18H19N3O2S/c1-12-4-5-13(2)16(10-12)20-17(22)18(23)21-19-11-14-6-8-15(24-3)9-7-14/h4-11H,1-3H3,(H,20,22)(H,21,23)/b19-11+. The first-order chi connectivity index (χ1) is 11.5. The number of benzene rings is 2. The number of aryl methyl sites for hydroxylation is 2. The van der Waals surface area contributed by atoms with E-state index in [1.165, 1.54) is 6.21 Å². The molecule has 0 aliphatic rings. The molecule has 2 rings (SSSR count). The van der Waals surface area contributed by atoms with Gasteiger partial charge in [0.2, 0.25) is 0 Å². The molecule has 0 unspecified atom stereocenters. The normalized spacial score (nSPS) is 10.6. The molecule has 0 aromatic heterocycles. The van der Waals surface area contributed by atoms with Gasteiger partial charge in [-0.25, -0.2) is 5.43 Å². The number of amides is 2. The molecule has 0 aliphatic carbocycles. The van der Waals surface area contributed by atoms with E-state index in [4.69, 9.17) is 0 Å². The molecule has 0 aliphatic heterocycles. The van der Waals surface area contributed by atoms with Gasteiger partial charge in [0.15, 0.2) is 0 Å². The van der Waals surface area contributed by atoms with Crippen LogP contribution in [0.5, 0.6) is 0 Å². The first-order valence-corrected chi connectivity index (χ1v) is 8.58. The quantitative estimate of drug-likeness (QED) is 0.388. The summed E-state index contributed by atoms with van der Waals surface area (Å²) in [6.45, 7) is 3.78. The van der Waals surface area contributed by atoms with Crippen LogP contribution in [0.15, 0.2) is 52.5 Å². The average molecular weight is 341 g/mol. The lowest BCUT2D eigenvalue weighted by atomic mass is 10.1. The van der Waals surface area contributed by atoms with Crippen LogP contribution >= 0.6 is 11.8 Å². The maximum atomic E-state index is 11.9. The van der Waals surface area contributed by atoms with Crippen molar-refractivity contribution in [2.24, 2.45) is 5.10 Å². The van der Waals surface area contributed by atoms with Crippen LogP contribution in [0, 0.1) is 13.8 Å². The lowest BCUT2D eigenvalue weighted by Gasteiger charge is -2.08. The van der Waals surface area contributed by atoms with Crippen LogP contribution in [0.2, 0.25) is 0 Å². The largest absolute Gasteiger partial charge is 0.329 e. The van der Waals surface area contributed by atoms with Gasteiger partial charge in [-0.05, 0) is 55.0 Å². The zero-order valence-electron chi connectivity index (χ0n) is 13.8. The summed E-state index contributed by atoms with van der Waals surface area (Å²) in [6.07, 6.45) is 3.49. The van der Waals surface area contributed by atoms with Crippen molar-refractivity contribution in [2.45, 2.75) is 18.7 Å². The number of nitrogens with one attached hydrogen (secondary N) is 2. The van der Waals surface area contributed by atoms with Crippen LogP contribution < -0.4 is 10.7 Å². The molecule has 0 spiro atoms. The molecule has 0 fully saturated rings. The molecule has 0 bridgehead atoms. The fourth-order valence-electron chi connectivity index (χ4n) is 1.96. The van der Waals surface area contributed by atoms with E-state index in [2.05, 4.69) is 15.8 Å². The van der Waals surface area contributed by atoms with Crippen LogP contribution in [-0.4, -0.2) is 24.3 Å². The Bertz CT molecular complexity index is 770. The number of carbonyl (C=O) groups excluding carboxylic acids is 2. The highest BCUT2D eigenvalue weighted by atomic mass is 32.2. The van der Waals surface area contributed by atoms with Gasteiger partial charge in [0, 0.05) is 10.6 Å². The fourth-order valence-corrected chi connectivity index (χ4v) is 2.36. The Hall–Kier alpha value is -2.60. The molecule has 124 valence electrons. The first-order valence-electron chi connectivity index (χ1n) is 7.35. The minimum atomic E-state index is -0.812. The summed E-state index contributed by atoms with van der Waals surface area (Å²) >= 11 is 1.65. The summed E-state index contributed by atoms with van der Waals surface area (Å²) in [7, 11) is 0. The highest BCUT2D eigenvalue weighted by Gasteiger charge is 2.13. The third-order valence-corrected chi connectivity index (χ3v) is 4.09. The van der Waals surface area contributed by atoms with Crippen molar-refractivity contribution in [3.63, 3.8) is 0 Å². The summed E-state index contributed by atoms with van der Waals surface area (Å²) in [5, 5.41) is 6.39. The van der Waals surface area contributed by atoms with E-state index >= 15 is 0 Å². The van der Waals surface area contributed by atoms with Gasteiger partial charge in [-0.3, -0.25) is 9.59 Å². The van der Waals surface area contributed by atoms with Crippen molar-refractivity contribution in [3.8, 4) is 0 Å². The van der Waals surface area contributed by atoms with Crippen LogP contribution in [0.3, 0.4) is 0 Å². The highest BCUT2D eigenvalue weighted by molar-refractivity contribution is 7.98. The monoisotopic (exact) mass is 341 g/mol.